The number of rotatable bonds is 8. The molecule has 0 saturated carbocycles. The number of carbonyl (C=O) groups is 2. The summed E-state index contributed by atoms with van der Waals surface area (Å²) in [6.45, 7) is 2.20. The lowest BCUT2D eigenvalue weighted by Crippen LogP contribution is -2.40. The highest BCUT2D eigenvalue weighted by atomic mass is 32.1. The summed E-state index contributed by atoms with van der Waals surface area (Å²) < 4.78 is 10.6. The highest BCUT2D eigenvalue weighted by Crippen LogP contribution is 2.42. The average molecular weight is 479 g/mol. The topological polar surface area (TPSA) is 83.2 Å². The van der Waals surface area contributed by atoms with Crippen molar-refractivity contribution in [2.45, 2.75) is 24.9 Å². The first-order valence-electron chi connectivity index (χ1n) is 11.3. The Balaban J connectivity index is 1.52. The second-order valence-electron chi connectivity index (χ2n) is 8.48. The van der Waals surface area contributed by atoms with Gasteiger partial charge < -0.3 is 19.2 Å². The third-order valence-electron chi connectivity index (χ3n) is 6.56. The maximum absolute atomic E-state index is 13.4. The summed E-state index contributed by atoms with van der Waals surface area (Å²) >= 11 is 1.45. The number of furan rings is 1. The molecule has 34 heavy (non-hydrogen) atoms. The number of aliphatic hydroxyl groups is 1. The Morgan fingerprint density at radius 1 is 1.18 bits per heavy atom. The Kier molecular flexibility index (Phi) is 6.26. The number of carbonyl (C=O) groups excluding carboxylic acids is 2. The van der Waals surface area contributed by atoms with E-state index in [0.29, 0.717) is 6.54 Å². The van der Waals surface area contributed by atoms with Gasteiger partial charge in [-0.15, -0.1) is 11.3 Å². The molecule has 4 heterocycles. The Hall–Kier alpha value is -3.36. The van der Waals surface area contributed by atoms with Gasteiger partial charge in [0.1, 0.15) is 5.75 Å². The number of Topliss-reactive ketones (excluding diaryl/α,β-unsaturated/α-hetero) is 1. The maximum atomic E-state index is 13.4. The van der Waals surface area contributed by atoms with Crippen molar-refractivity contribution in [1.82, 2.24) is 9.80 Å². The highest BCUT2D eigenvalue weighted by molar-refractivity contribution is 7.10. The molecule has 0 radical (unpaired) electrons. The molecule has 176 valence electrons. The average Bonchev–Trinajstić information content (AvgIpc) is 3.67. The van der Waals surface area contributed by atoms with Gasteiger partial charge in [0.15, 0.2) is 11.5 Å². The zero-order chi connectivity index (χ0) is 23.7. The summed E-state index contributed by atoms with van der Waals surface area (Å²) in [5.74, 6) is -0.646. The number of methoxy groups -OCH3 is 1. The van der Waals surface area contributed by atoms with Crippen LogP contribution < -0.4 is 4.74 Å². The normalized spacial score (nSPS) is 19.7. The molecule has 0 spiro atoms. The number of thiophene rings is 1. The van der Waals surface area contributed by atoms with E-state index in [4.69, 9.17) is 9.15 Å². The van der Waals surface area contributed by atoms with Crippen molar-refractivity contribution in [3.05, 3.63) is 87.7 Å². The van der Waals surface area contributed by atoms with Gasteiger partial charge in [-0.2, -0.15) is 0 Å². The van der Waals surface area contributed by atoms with E-state index >= 15 is 0 Å². The van der Waals surface area contributed by atoms with E-state index in [9.17, 15) is 14.7 Å². The summed E-state index contributed by atoms with van der Waals surface area (Å²) in [5.41, 5.74) is 1.13. The molecule has 7 nitrogen and oxygen atoms in total. The number of benzene rings is 1. The quantitative estimate of drug-likeness (QED) is 0.470. The molecule has 1 saturated heterocycles. The van der Waals surface area contributed by atoms with Crippen LogP contribution in [0.5, 0.6) is 5.75 Å². The molecule has 2 unspecified atom stereocenters. The zero-order valence-electron chi connectivity index (χ0n) is 18.8. The van der Waals surface area contributed by atoms with Crippen LogP contribution in [0.4, 0.5) is 0 Å². The fourth-order valence-electron chi connectivity index (χ4n) is 4.85. The minimum Gasteiger partial charge on any atom is -0.503 e. The predicted octanol–water partition coefficient (Wildman–Crippen LogP) is 4.77. The Morgan fingerprint density at radius 3 is 2.56 bits per heavy atom. The molecule has 1 aromatic carbocycles. The Morgan fingerprint density at radius 2 is 1.94 bits per heavy atom. The molecular weight excluding hydrogens is 452 g/mol. The summed E-state index contributed by atoms with van der Waals surface area (Å²) in [6, 6.07) is 14.1. The van der Waals surface area contributed by atoms with Crippen molar-refractivity contribution >= 4 is 23.0 Å². The minimum atomic E-state index is -0.673. The largest absolute Gasteiger partial charge is 0.503 e. The first kappa shape index (κ1) is 22.4. The van der Waals surface area contributed by atoms with E-state index in [2.05, 4.69) is 4.90 Å². The minimum absolute atomic E-state index is 0.0669. The van der Waals surface area contributed by atoms with Crippen LogP contribution in [0.25, 0.3) is 0 Å². The van der Waals surface area contributed by atoms with Crippen LogP contribution in [0.3, 0.4) is 0 Å². The van der Waals surface area contributed by atoms with Crippen LogP contribution in [-0.2, 0) is 4.79 Å². The number of nitrogens with zero attached hydrogens (tertiary/aromatic N) is 2. The Bertz CT molecular complexity index is 1180. The number of aliphatic hydroxyl groups excluding tert-OH is 1. The highest BCUT2D eigenvalue weighted by Gasteiger charge is 2.46. The third kappa shape index (κ3) is 4.03. The van der Waals surface area contributed by atoms with Crippen LogP contribution in [0.2, 0.25) is 0 Å². The lowest BCUT2D eigenvalue weighted by Gasteiger charge is -2.34. The van der Waals surface area contributed by atoms with Gasteiger partial charge in [-0.1, -0.05) is 18.2 Å². The van der Waals surface area contributed by atoms with E-state index in [-0.39, 0.29) is 17.4 Å². The molecule has 5 rings (SSSR count). The monoisotopic (exact) mass is 478 g/mol. The summed E-state index contributed by atoms with van der Waals surface area (Å²) in [6.07, 6.45) is 3.61. The lowest BCUT2D eigenvalue weighted by atomic mass is 9.99. The lowest BCUT2D eigenvalue weighted by molar-refractivity contribution is -0.130. The smallest absolute Gasteiger partial charge is 0.290 e. The molecule has 8 heteroatoms. The van der Waals surface area contributed by atoms with Gasteiger partial charge >= 0.3 is 0 Å². The molecular formula is C26H26N2O5S. The van der Waals surface area contributed by atoms with Gasteiger partial charge in [0.25, 0.3) is 5.91 Å². The number of likely N-dealkylation sites (tertiary alicyclic amines) is 1. The van der Waals surface area contributed by atoms with Crippen LogP contribution in [0, 0.1) is 0 Å². The second kappa shape index (κ2) is 9.48. The van der Waals surface area contributed by atoms with E-state index in [0.717, 1.165) is 42.1 Å². The second-order valence-corrected chi connectivity index (χ2v) is 9.46. The third-order valence-corrected chi connectivity index (χ3v) is 7.48. The molecule has 0 bridgehead atoms. The summed E-state index contributed by atoms with van der Waals surface area (Å²) in [4.78, 5) is 31.5. The molecule has 2 atom stereocenters. The first-order valence-corrected chi connectivity index (χ1v) is 12.2. The summed E-state index contributed by atoms with van der Waals surface area (Å²) in [5, 5.41) is 12.8. The number of hydrogen-bond donors (Lipinski definition) is 1. The molecule has 1 N–H and O–H groups in total. The van der Waals surface area contributed by atoms with Gasteiger partial charge in [0.05, 0.1) is 31.0 Å². The van der Waals surface area contributed by atoms with Crippen LogP contribution in [-0.4, -0.2) is 53.3 Å². The van der Waals surface area contributed by atoms with E-state index in [1.807, 2.05) is 41.8 Å². The van der Waals surface area contributed by atoms with Gasteiger partial charge in [-0.05, 0) is 67.2 Å². The van der Waals surface area contributed by atoms with Gasteiger partial charge in [0, 0.05) is 11.4 Å². The van der Waals surface area contributed by atoms with Gasteiger partial charge in [-0.3, -0.25) is 14.5 Å². The van der Waals surface area contributed by atoms with Crippen molar-refractivity contribution < 1.29 is 23.8 Å². The zero-order valence-corrected chi connectivity index (χ0v) is 19.7. The van der Waals surface area contributed by atoms with Crippen molar-refractivity contribution in [2.24, 2.45) is 0 Å². The SMILES string of the molecule is COc1ccc(C(CN2C(=O)C(O)=C(C(=O)c3ccco3)C2c2cccs2)N2CCCC2)cc1. The van der Waals surface area contributed by atoms with Crippen LogP contribution in [0.15, 0.2) is 75.9 Å². The standard InChI is InChI=1S/C26H26N2O5S/c1-32-18-10-8-17(9-11-18)19(27-12-2-3-13-27)16-28-23(21-7-5-15-34-21)22(25(30)26(28)31)24(29)20-6-4-14-33-20/h4-11,14-15,19,23,30H,2-3,12-13,16H2,1H3. The van der Waals surface area contributed by atoms with Crippen molar-refractivity contribution in [2.75, 3.05) is 26.7 Å². The van der Waals surface area contributed by atoms with Crippen LogP contribution in [0.1, 0.15) is 45.9 Å². The summed E-state index contributed by atoms with van der Waals surface area (Å²) in [7, 11) is 1.63. The number of hydrogen-bond acceptors (Lipinski definition) is 7. The van der Waals surface area contributed by atoms with E-state index in [1.165, 1.54) is 17.6 Å². The van der Waals surface area contributed by atoms with Crippen molar-refractivity contribution in [3.63, 3.8) is 0 Å². The molecule has 2 aliphatic heterocycles. The number of ether oxygens (including phenoxy) is 1. The molecule has 3 aromatic rings. The molecule has 2 aliphatic rings. The van der Waals surface area contributed by atoms with Crippen molar-refractivity contribution in [3.8, 4) is 5.75 Å². The Labute approximate surface area is 201 Å². The molecule has 2 aromatic heterocycles. The predicted molar refractivity (Wildman–Crippen MR) is 128 cm³/mol. The maximum Gasteiger partial charge on any atom is 0.290 e. The molecule has 0 aliphatic carbocycles. The fourth-order valence-corrected chi connectivity index (χ4v) is 5.70. The van der Waals surface area contributed by atoms with E-state index in [1.54, 1.807) is 24.1 Å². The molecule has 1 amide bonds. The van der Waals surface area contributed by atoms with Crippen molar-refractivity contribution in [1.29, 1.82) is 0 Å². The fraction of sp³-hybridized carbons (Fsp3) is 0.308. The van der Waals surface area contributed by atoms with E-state index < -0.39 is 23.5 Å². The number of amides is 1. The van der Waals surface area contributed by atoms with Gasteiger partial charge in [0.2, 0.25) is 5.78 Å². The first-order chi connectivity index (χ1) is 16.6. The number of ketones is 1. The molecule has 1 fully saturated rings. The van der Waals surface area contributed by atoms with Crippen LogP contribution >= 0.6 is 11.3 Å². The van der Waals surface area contributed by atoms with Gasteiger partial charge in [-0.25, -0.2) is 0 Å².